The quantitative estimate of drug-likeness (QED) is 0.817. The van der Waals surface area contributed by atoms with Crippen molar-refractivity contribution in [3.8, 4) is 0 Å². The van der Waals surface area contributed by atoms with Crippen LogP contribution in [0.5, 0.6) is 0 Å². The molecule has 0 saturated heterocycles. The fraction of sp³-hybridized carbons (Fsp3) is 0.538. The molecule has 3 heteroatoms. The summed E-state index contributed by atoms with van der Waals surface area (Å²) in [6.07, 6.45) is 0. The van der Waals surface area contributed by atoms with Gasteiger partial charge in [-0.15, -0.1) is 11.8 Å². The van der Waals surface area contributed by atoms with Crippen molar-refractivity contribution in [2.75, 3.05) is 0 Å². The molecule has 2 unspecified atom stereocenters. The highest BCUT2D eigenvalue weighted by atomic mass is 32.2. The third kappa shape index (κ3) is 3.80. The van der Waals surface area contributed by atoms with E-state index in [-0.39, 0.29) is 17.3 Å². The molecule has 0 aliphatic heterocycles. The molecule has 0 amide bonds. The maximum Gasteiger partial charge on any atom is 0.123 e. The predicted octanol–water partition coefficient (Wildman–Crippen LogP) is 3.68. The summed E-state index contributed by atoms with van der Waals surface area (Å²) in [6.45, 7) is 8.55. The van der Waals surface area contributed by atoms with Gasteiger partial charge in [0.05, 0.1) is 0 Å². The predicted molar refractivity (Wildman–Crippen MR) is 69.1 cm³/mol. The molecule has 1 rings (SSSR count). The van der Waals surface area contributed by atoms with Crippen molar-refractivity contribution in [3.05, 3.63) is 30.1 Å². The fourth-order valence-electron chi connectivity index (χ4n) is 1.73. The Morgan fingerprint density at radius 2 is 1.69 bits per heavy atom. The van der Waals surface area contributed by atoms with E-state index in [0.717, 1.165) is 4.90 Å². The molecule has 0 aromatic heterocycles. The molecule has 0 fully saturated rings. The molecule has 0 spiro atoms. The number of benzene rings is 1. The molecule has 0 bridgehead atoms. The standard InChI is InChI=1S/C13H20FNS/c1-9(15)12(13(2,3)4)16-11-7-5-10(14)6-8-11/h5-9,12H,15H2,1-4H3. The Kier molecular flexibility index (Phi) is 4.39. The monoisotopic (exact) mass is 241 g/mol. The zero-order valence-corrected chi connectivity index (χ0v) is 11.1. The van der Waals surface area contributed by atoms with Crippen molar-refractivity contribution < 1.29 is 4.39 Å². The van der Waals surface area contributed by atoms with E-state index in [9.17, 15) is 4.39 Å². The largest absolute Gasteiger partial charge is 0.327 e. The Balaban J connectivity index is 2.80. The molecule has 0 aliphatic carbocycles. The normalized spacial score (nSPS) is 15.9. The van der Waals surface area contributed by atoms with Gasteiger partial charge in [0.1, 0.15) is 5.82 Å². The molecule has 16 heavy (non-hydrogen) atoms. The van der Waals surface area contributed by atoms with Crippen LogP contribution in [0.3, 0.4) is 0 Å². The van der Waals surface area contributed by atoms with Gasteiger partial charge in [-0.05, 0) is 36.6 Å². The lowest BCUT2D eigenvalue weighted by Gasteiger charge is -2.33. The van der Waals surface area contributed by atoms with Crippen molar-refractivity contribution in [1.82, 2.24) is 0 Å². The molecule has 1 aromatic rings. The summed E-state index contributed by atoms with van der Waals surface area (Å²) in [5.41, 5.74) is 6.14. The minimum atomic E-state index is -0.197. The van der Waals surface area contributed by atoms with E-state index in [1.807, 2.05) is 6.92 Å². The molecule has 1 aromatic carbocycles. The van der Waals surface area contributed by atoms with E-state index >= 15 is 0 Å². The van der Waals surface area contributed by atoms with Gasteiger partial charge in [0.2, 0.25) is 0 Å². The van der Waals surface area contributed by atoms with Crippen LogP contribution in [0.25, 0.3) is 0 Å². The molecular weight excluding hydrogens is 221 g/mol. The van der Waals surface area contributed by atoms with Crippen molar-refractivity contribution in [3.63, 3.8) is 0 Å². The third-order valence-corrected chi connectivity index (χ3v) is 4.34. The van der Waals surface area contributed by atoms with Crippen LogP contribution in [0.2, 0.25) is 0 Å². The molecule has 0 radical (unpaired) electrons. The van der Waals surface area contributed by atoms with Gasteiger partial charge in [0.25, 0.3) is 0 Å². The smallest absolute Gasteiger partial charge is 0.123 e. The van der Waals surface area contributed by atoms with Gasteiger partial charge < -0.3 is 5.73 Å². The van der Waals surface area contributed by atoms with Crippen LogP contribution in [0.1, 0.15) is 27.7 Å². The average molecular weight is 241 g/mol. The van der Waals surface area contributed by atoms with Gasteiger partial charge in [-0.3, -0.25) is 0 Å². The van der Waals surface area contributed by atoms with Gasteiger partial charge in [0.15, 0.2) is 0 Å². The topological polar surface area (TPSA) is 26.0 Å². The second-order valence-corrected chi connectivity index (χ2v) is 6.43. The highest BCUT2D eigenvalue weighted by Gasteiger charge is 2.28. The zero-order chi connectivity index (χ0) is 12.3. The van der Waals surface area contributed by atoms with Gasteiger partial charge in [-0.2, -0.15) is 0 Å². The number of nitrogens with two attached hydrogens (primary N) is 1. The minimum absolute atomic E-state index is 0.107. The summed E-state index contributed by atoms with van der Waals surface area (Å²) in [5.74, 6) is -0.197. The van der Waals surface area contributed by atoms with E-state index in [4.69, 9.17) is 5.73 Å². The number of thioether (sulfide) groups is 1. The molecule has 2 N–H and O–H groups in total. The van der Waals surface area contributed by atoms with Crippen LogP contribution in [0.4, 0.5) is 4.39 Å². The van der Waals surface area contributed by atoms with Gasteiger partial charge in [-0.1, -0.05) is 20.8 Å². The first-order valence-electron chi connectivity index (χ1n) is 5.48. The van der Waals surface area contributed by atoms with Gasteiger partial charge in [-0.25, -0.2) is 4.39 Å². The summed E-state index contributed by atoms with van der Waals surface area (Å²) >= 11 is 1.72. The lowest BCUT2D eigenvalue weighted by atomic mass is 9.88. The summed E-state index contributed by atoms with van der Waals surface area (Å²) in [5, 5.41) is 0.318. The number of hydrogen-bond acceptors (Lipinski definition) is 2. The van der Waals surface area contributed by atoms with Gasteiger partial charge >= 0.3 is 0 Å². The lowest BCUT2D eigenvalue weighted by molar-refractivity contribution is 0.363. The zero-order valence-electron chi connectivity index (χ0n) is 10.3. The summed E-state index contributed by atoms with van der Waals surface area (Å²) < 4.78 is 12.8. The van der Waals surface area contributed by atoms with Crippen LogP contribution in [0, 0.1) is 11.2 Å². The number of rotatable bonds is 3. The van der Waals surface area contributed by atoms with Crippen LogP contribution in [-0.4, -0.2) is 11.3 Å². The third-order valence-electron chi connectivity index (χ3n) is 2.41. The van der Waals surface area contributed by atoms with E-state index in [2.05, 4.69) is 20.8 Å². The fourth-order valence-corrected chi connectivity index (χ4v) is 2.89. The van der Waals surface area contributed by atoms with E-state index in [1.54, 1.807) is 23.9 Å². The van der Waals surface area contributed by atoms with Crippen molar-refractivity contribution in [2.45, 2.75) is 43.9 Å². The summed E-state index contributed by atoms with van der Waals surface area (Å²) in [4.78, 5) is 1.07. The molecular formula is C13H20FNS. The van der Waals surface area contributed by atoms with Crippen molar-refractivity contribution in [2.24, 2.45) is 11.1 Å². The average Bonchev–Trinajstić information content (AvgIpc) is 2.14. The molecule has 1 nitrogen and oxygen atoms in total. The first kappa shape index (κ1) is 13.5. The number of hydrogen-bond donors (Lipinski definition) is 1. The molecule has 0 aliphatic rings. The first-order valence-corrected chi connectivity index (χ1v) is 6.36. The lowest BCUT2D eigenvalue weighted by Crippen LogP contribution is -2.38. The number of halogens is 1. The van der Waals surface area contributed by atoms with Gasteiger partial charge in [0, 0.05) is 16.2 Å². The Hall–Kier alpha value is -0.540. The highest BCUT2D eigenvalue weighted by Crippen LogP contribution is 2.36. The second-order valence-electron chi connectivity index (χ2n) is 5.22. The van der Waals surface area contributed by atoms with Crippen LogP contribution in [0.15, 0.2) is 29.2 Å². The maximum atomic E-state index is 12.8. The van der Waals surface area contributed by atoms with Crippen molar-refractivity contribution >= 4 is 11.8 Å². The van der Waals surface area contributed by atoms with Crippen molar-refractivity contribution in [1.29, 1.82) is 0 Å². The second kappa shape index (κ2) is 5.19. The first-order chi connectivity index (χ1) is 7.30. The van der Waals surface area contributed by atoms with Crippen LogP contribution < -0.4 is 5.73 Å². The van der Waals surface area contributed by atoms with Crippen LogP contribution in [-0.2, 0) is 0 Å². The Morgan fingerprint density at radius 1 is 1.19 bits per heavy atom. The highest BCUT2D eigenvalue weighted by molar-refractivity contribution is 8.00. The minimum Gasteiger partial charge on any atom is -0.327 e. The maximum absolute atomic E-state index is 12.8. The Labute approximate surface area is 102 Å². The van der Waals surface area contributed by atoms with Crippen LogP contribution >= 0.6 is 11.8 Å². The molecule has 2 atom stereocenters. The molecule has 90 valence electrons. The van der Waals surface area contributed by atoms with E-state index < -0.39 is 0 Å². The molecule has 0 saturated carbocycles. The Bertz CT molecular complexity index is 327. The summed E-state index contributed by atoms with van der Waals surface area (Å²) in [6, 6.07) is 6.70. The SMILES string of the molecule is CC(N)C(Sc1ccc(F)cc1)C(C)(C)C. The summed E-state index contributed by atoms with van der Waals surface area (Å²) in [7, 11) is 0. The Morgan fingerprint density at radius 3 is 2.06 bits per heavy atom. The van der Waals surface area contributed by atoms with E-state index in [1.165, 1.54) is 12.1 Å². The van der Waals surface area contributed by atoms with E-state index in [0.29, 0.717) is 5.25 Å². The molecule has 0 heterocycles.